The Hall–Kier alpha value is -3.03. The van der Waals surface area contributed by atoms with E-state index in [1.54, 1.807) is 18.2 Å². The van der Waals surface area contributed by atoms with Gasteiger partial charge >= 0.3 is 12.0 Å². The summed E-state index contributed by atoms with van der Waals surface area (Å²) in [7, 11) is 0. The Morgan fingerprint density at radius 1 is 1.45 bits per heavy atom. The summed E-state index contributed by atoms with van der Waals surface area (Å²) in [4.78, 5) is 29.5. The van der Waals surface area contributed by atoms with Crippen LogP contribution in [0.1, 0.15) is 6.42 Å². The summed E-state index contributed by atoms with van der Waals surface area (Å²) < 4.78 is 5.46. The summed E-state index contributed by atoms with van der Waals surface area (Å²) in [6.07, 6.45) is 7.30. The summed E-state index contributed by atoms with van der Waals surface area (Å²) in [5, 5.41) is 3.80. The van der Waals surface area contributed by atoms with Gasteiger partial charge < -0.3 is 10.5 Å². The van der Waals surface area contributed by atoms with Crippen LogP contribution in [0.4, 0.5) is 4.79 Å². The van der Waals surface area contributed by atoms with Gasteiger partial charge in [0.2, 0.25) is 0 Å². The lowest BCUT2D eigenvalue weighted by molar-refractivity contribution is -0.104. The average Bonchev–Trinajstić information content (AvgIpc) is 2.47. The van der Waals surface area contributed by atoms with Gasteiger partial charge in [0, 0.05) is 18.8 Å². The summed E-state index contributed by atoms with van der Waals surface area (Å²) in [5.41, 5.74) is 7.67. The van der Waals surface area contributed by atoms with Crippen molar-refractivity contribution in [3.05, 3.63) is 41.9 Å². The summed E-state index contributed by atoms with van der Waals surface area (Å²) in [6.45, 7) is 0. The van der Waals surface area contributed by atoms with Gasteiger partial charge in [-0.3, -0.25) is 4.79 Å². The fraction of sp³-hybridized carbons (Fsp3) is 0.0833. The number of amides is 2. The second-order valence-electron chi connectivity index (χ2n) is 3.68. The van der Waals surface area contributed by atoms with Crippen molar-refractivity contribution in [2.24, 2.45) is 10.8 Å². The lowest BCUT2D eigenvalue weighted by Gasteiger charge is -2.14. The van der Waals surface area contributed by atoms with Gasteiger partial charge in [0.25, 0.3) is 0 Å². The van der Waals surface area contributed by atoms with Gasteiger partial charge in [-0.25, -0.2) is 20.2 Å². The SMILES string of the molecule is NC(=O)NN=C1CC=CC(C=O)=C1Oc1ncccn1. The second-order valence-corrected chi connectivity index (χ2v) is 3.68. The van der Waals surface area contributed by atoms with Gasteiger partial charge in [-0.15, -0.1) is 0 Å². The Bertz CT molecular complexity index is 607. The van der Waals surface area contributed by atoms with Crippen LogP contribution in [0.5, 0.6) is 6.01 Å². The Kier molecular flexibility index (Phi) is 4.17. The summed E-state index contributed by atoms with van der Waals surface area (Å²) >= 11 is 0. The molecule has 0 spiro atoms. The normalized spacial score (nSPS) is 16.1. The zero-order valence-electron chi connectivity index (χ0n) is 10.3. The number of hydrogen-bond donors (Lipinski definition) is 2. The van der Waals surface area contributed by atoms with Crippen molar-refractivity contribution in [2.75, 3.05) is 0 Å². The molecule has 0 saturated carbocycles. The predicted octanol–water partition coefficient (Wildman–Crippen LogP) is 0.293. The molecule has 1 aliphatic rings. The highest BCUT2D eigenvalue weighted by Crippen LogP contribution is 2.18. The van der Waals surface area contributed by atoms with Crippen LogP contribution in [0.2, 0.25) is 0 Å². The van der Waals surface area contributed by atoms with Crippen molar-refractivity contribution in [3.8, 4) is 6.01 Å². The molecule has 0 aromatic carbocycles. The van der Waals surface area contributed by atoms with Crippen molar-refractivity contribution in [1.29, 1.82) is 0 Å². The smallest absolute Gasteiger partial charge is 0.332 e. The summed E-state index contributed by atoms with van der Waals surface area (Å²) in [5.74, 6) is 0.183. The van der Waals surface area contributed by atoms with Crippen molar-refractivity contribution in [3.63, 3.8) is 0 Å². The molecule has 102 valence electrons. The number of carbonyl (C=O) groups excluding carboxylic acids is 2. The van der Waals surface area contributed by atoms with Crippen LogP contribution in [0.25, 0.3) is 0 Å². The number of urea groups is 1. The maximum absolute atomic E-state index is 11.0. The lowest BCUT2D eigenvalue weighted by atomic mass is 10.0. The van der Waals surface area contributed by atoms with E-state index in [0.717, 1.165) is 0 Å². The molecule has 8 heteroatoms. The van der Waals surface area contributed by atoms with Crippen LogP contribution >= 0.6 is 0 Å². The van der Waals surface area contributed by atoms with Crippen molar-refractivity contribution >= 4 is 18.0 Å². The third kappa shape index (κ3) is 3.25. The van der Waals surface area contributed by atoms with Crippen LogP contribution in [0, 0.1) is 0 Å². The number of primary amides is 1. The summed E-state index contributed by atoms with van der Waals surface area (Å²) in [6, 6.07) is 0.894. The minimum Gasteiger partial charge on any atom is -0.421 e. The topological polar surface area (TPSA) is 120 Å². The molecule has 0 aliphatic heterocycles. The number of nitrogens with one attached hydrogen (secondary N) is 1. The Morgan fingerprint density at radius 3 is 2.85 bits per heavy atom. The molecule has 1 aromatic rings. The van der Waals surface area contributed by atoms with Crippen molar-refractivity contribution in [2.45, 2.75) is 6.42 Å². The minimum absolute atomic E-state index is 0.0731. The zero-order chi connectivity index (χ0) is 14.4. The molecule has 0 fully saturated rings. The first-order valence-electron chi connectivity index (χ1n) is 5.64. The molecule has 0 unspecified atom stereocenters. The van der Waals surface area contributed by atoms with E-state index in [9.17, 15) is 9.59 Å². The Balaban J connectivity index is 2.32. The van der Waals surface area contributed by atoms with Crippen LogP contribution in [-0.2, 0) is 4.79 Å². The molecule has 1 aromatic heterocycles. The zero-order valence-corrected chi connectivity index (χ0v) is 10.3. The largest absolute Gasteiger partial charge is 0.421 e. The molecule has 0 atom stereocenters. The number of rotatable bonds is 4. The van der Waals surface area contributed by atoms with E-state index in [-0.39, 0.29) is 17.3 Å². The van der Waals surface area contributed by atoms with Gasteiger partial charge in [0.1, 0.15) is 5.71 Å². The molecule has 20 heavy (non-hydrogen) atoms. The van der Waals surface area contributed by atoms with Gasteiger partial charge in [-0.05, 0) is 6.07 Å². The van der Waals surface area contributed by atoms with E-state index in [1.807, 2.05) is 0 Å². The minimum atomic E-state index is -0.810. The van der Waals surface area contributed by atoms with Gasteiger partial charge in [0.05, 0.1) is 5.57 Å². The monoisotopic (exact) mass is 273 g/mol. The molecule has 2 amide bonds. The van der Waals surface area contributed by atoms with E-state index in [0.29, 0.717) is 18.4 Å². The number of aromatic nitrogens is 2. The molecule has 8 nitrogen and oxygen atoms in total. The van der Waals surface area contributed by atoms with Crippen LogP contribution in [0.3, 0.4) is 0 Å². The number of carbonyl (C=O) groups is 2. The van der Waals surface area contributed by atoms with Gasteiger partial charge in [0.15, 0.2) is 12.0 Å². The Labute approximate surface area is 114 Å². The van der Waals surface area contributed by atoms with E-state index < -0.39 is 6.03 Å². The molecule has 3 N–H and O–H groups in total. The molecule has 1 heterocycles. The number of allylic oxidation sites excluding steroid dienone is 4. The number of aldehydes is 1. The van der Waals surface area contributed by atoms with Gasteiger partial charge in [-0.2, -0.15) is 5.10 Å². The number of nitrogens with zero attached hydrogens (tertiary/aromatic N) is 3. The van der Waals surface area contributed by atoms with Gasteiger partial charge in [-0.1, -0.05) is 12.2 Å². The van der Waals surface area contributed by atoms with E-state index in [4.69, 9.17) is 10.5 Å². The predicted molar refractivity (Wildman–Crippen MR) is 69.7 cm³/mol. The van der Waals surface area contributed by atoms with Crippen LogP contribution in [-0.4, -0.2) is 28.0 Å². The highest BCUT2D eigenvalue weighted by molar-refractivity contribution is 6.06. The number of ether oxygens (including phenoxy) is 1. The second kappa shape index (κ2) is 6.23. The number of nitrogens with two attached hydrogens (primary N) is 1. The Morgan fingerprint density at radius 2 is 2.20 bits per heavy atom. The van der Waals surface area contributed by atoms with E-state index in [2.05, 4.69) is 20.5 Å². The first kappa shape index (κ1) is 13.4. The highest BCUT2D eigenvalue weighted by Gasteiger charge is 2.19. The lowest BCUT2D eigenvalue weighted by Crippen LogP contribution is -2.27. The quantitative estimate of drug-likeness (QED) is 0.603. The van der Waals surface area contributed by atoms with Crippen LogP contribution < -0.4 is 15.9 Å². The maximum atomic E-state index is 11.0. The molecular weight excluding hydrogens is 262 g/mol. The maximum Gasteiger partial charge on any atom is 0.332 e. The fourth-order valence-electron chi connectivity index (χ4n) is 1.49. The van der Waals surface area contributed by atoms with E-state index in [1.165, 1.54) is 12.4 Å². The molecule has 0 radical (unpaired) electrons. The molecule has 1 aliphatic carbocycles. The molecule has 0 saturated heterocycles. The average molecular weight is 273 g/mol. The molecule has 0 bridgehead atoms. The number of hydrazone groups is 1. The standard InChI is InChI=1S/C12H11N5O3/c13-11(19)17-16-9-4-1-3-8(7-18)10(9)20-12-14-5-2-6-15-12/h1-3,5-7H,4H2,(H3,13,17,19). The van der Waals surface area contributed by atoms with Crippen molar-refractivity contribution < 1.29 is 14.3 Å². The first-order valence-corrected chi connectivity index (χ1v) is 5.64. The molecular formula is C12H11N5O3. The first-order chi connectivity index (χ1) is 9.70. The van der Waals surface area contributed by atoms with Crippen LogP contribution in [0.15, 0.2) is 47.0 Å². The third-order valence-electron chi connectivity index (χ3n) is 2.30. The fourth-order valence-corrected chi connectivity index (χ4v) is 1.49. The number of hydrogen-bond acceptors (Lipinski definition) is 6. The third-order valence-corrected chi connectivity index (χ3v) is 2.30. The highest BCUT2D eigenvalue weighted by atomic mass is 16.5. The van der Waals surface area contributed by atoms with Crippen molar-refractivity contribution in [1.82, 2.24) is 15.4 Å². The molecule has 2 rings (SSSR count). The van der Waals surface area contributed by atoms with E-state index >= 15 is 0 Å².